The fraction of sp³-hybridized carbons (Fsp3) is 0.571. The summed E-state index contributed by atoms with van der Waals surface area (Å²) in [4.78, 5) is 15.3. The second-order valence-corrected chi connectivity index (χ2v) is 7.72. The van der Waals surface area contributed by atoms with Crippen LogP contribution in [0.3, 0.4) is 0 Å². The number of carbonyl (C=O) groups excluding carboxylic acids is 1. The first-order valence-corrected chi connectivity index (χ1v) is 10.3. The number of hydrogen-bond acceptors (Lipinski definition) is 6. The first-order chi connectivity index (χ1) is 14.1. The third-order valence-electron chi connectivity index (χ3n) is 6.09. The molecule has 2 aromatic rings. The van der Waals surface area contributed by atoms with Crippen molar-refractivity contribution >= 4 is 18.3 Å². The summed E-state index contributed by atoms with van der Waals surface area (Å²) in [6, 6.07) is 6.19. The lowest BCUT2D eigenvalue weighted by Gasteiger charge is -2.26. The Kier molecular flexibility index (Phi) is 7.20. The van der Waals surface area contributed by atoms with E-state index in [9.17, 15) is 4.79 Å². The first-order valence-electron chi connectivity index (χ1n) is 10.3. The number of aromatic nitrogens is 3. The van der Waals surface area contributed by atoms with Crippen LogP contribution in [0.15, 0.2) is 18.2 Å². The molecule has 2 aliphatic heterocycles. The standard InChI is InChI=1S/C21H29N5O3.ClH/c1-14-20(23-24-26(14)16-8-10-22-11-9-16)21(27)25-12-4-5-17(25)15-6-7-18(28-2)19(13-15)29-3;/h6-7,13,16-17,22H,4-5,8-12H2,1-3H3;1H. The number of likely N-dealkylation sites (tertiary alicyclic amines) is 1. The Morgan fingerprint density at radius 3 is 2.57 bits per heavy atom. The van der Waals surface area contributed by atoms with E-state index in [4.69, 9.17) is 9.47 Å². The Bertz CT molecular complexity index is 882. The van der Waals surface area contributed by atoms with E-state index in [1.165, 1.54) is 0 Å². The lowest BCUT2D eigenvalue weighted by Crippen LogP contribution is -2.32. The number of carbonyl (C=O) groups is 1. The Balaban J connectivity index is 0.00000256. The van der Waals surface area contributed by atoms with Gasteiger partial charge in [0.1, 0.15) is 0 Å². The highest BCUT2D eigenvalue weighted by Crippen LogP contribution is 2.37. The zero-order chi connectivity index (χ0) is 20.4. The van der Waals surface area contributed by atoms with Gasteiger partial charge in [-0.1, -0.05) is 11.3 Å². The zero-order valence-corrected chi connectivity index (χ0v) is 18.6. The van der Waals surface area contributed by atoms with Crippen LogP contribution in [0.1, 0.15) is 59.5 Å². The third-order valence-corrected chi connectivity index (χ3v) is 6.09. The summed E-state index contributed by atoms with van der Waals surface area (Å²) < 4.78 is 12.7. The van der Waals surface area contributed by atoms with Crippen molar-refractivity contribution in [3.63, 3.8) is 0 Å². The molecule has 1 unspecified atom stereocenters. The van der Waals surface area contributed by atoms with E-state index in [-0.39, 0.29) is 24.4 Å². The summed E-state index contributed by atoms with van der Waals surface area (Å²) in [5.41, 5.74) is 2.38. The molecule has 1 aromatic heterocycles. The predicted molar refractivity (Wildman–Crippen MR) is 116 cm³/mol. The van der Waals surface area contributed by atoms with Gasteiger partial charge in [0, 0.05) is 6.54 Å². The number of rotatable bonds is 5. The van der Waals surface area contributed by atoms with E-state index in [2.05, 4.69) is 15.6 Å². The third kappa shape index (κ3) is 4.11. The summed E-state index contributed by atoms with van der Waals surface area (Å²) in [5.74, 6) is 1.32. The van der Waals surface area contributed by atoms with E-state index in [1.807, 2.05) is 34.7 Å². The van der Waals surface area contributed by atoms with Crippen molar-refractivity contribution in [3.8, 4) is 11.5 Å². The van der Waals surface area contributed by atoms with Gasteiger partial charge in [-0.15, -0.1) is 17.5 Å². The average Bonchev–Trinajstić information content (AvgIpc) is 3.40. The van der Waals surface area contributed by atoms with E-state index in [0.717, 1.165) is 56.6 Å². The maximum absolute atomic E-state index is 13.4. The van der Waals surface area contributed by atoms with Crippen LogP contribution < -0.4 is 14.8 Å². The predicted octanol–water partition coefficient (Wildman–Crippen LogP) is 2.93. The van der Waals surface area contributed by atoms with E-state index in [0.29, 0.717) is 23.2 Å². The van der Waals surface area contributed by atoms with Crippen LogP contribution in [0, 0.1) is 6.92 Å². The molecule has 30 heavy (non-hydrogen) atoms. The summed E-state index contributed by atoms with van der Waals surface area (Å²) in [7, 11) is 3.25. The zero-order valence-electron chi connectivity index (χ0n) is 17.8. The lowest BCUT2D eigenvalue weighted by molar-refractivity contribution is 0.0728. The molecular weight excluding hydrogens is 406 g/mol. The minimum absolute atomic E-state index is 0. The topological polar surface area (TPSA) is 81.5 Å². The number of hydrogen-bond donors (Lipinski definition) is 1. The van der Waals surface area contributed by atoms with Gasteiger partial charge in [0.15, 0.2) is 17.2 Å². The summed E-state index contributed by atoms with van der Waals surface area (Å²) >= 11 is 0. The molecule has 0 aliphatic carbocycles. The van der Waals surface area contributed by atoms with Gasteiger partial charge in [-0.05, 0) is 63.4 Å². The Morgan fingerprint density at radius 1 is 1.13 bits per heavy atom. The van der Waals surface area contributed by atoms with Gasteiger partial charge in [0.25, 0.3) is 5.91 Å². The van der Waals surface area contributed by atoms with Gasteiger partial charge >= 0.3 is 0 Å². The summed E-state index contributed by atoms with van der Waals surface area (Å²) in [6.07, 6.45) is 3.90. The van der Waals surface area contributed by atoms with Crippen molar-refractivity contribution in [3.05, 3.63) is 35.2 Å². The molecule has 1 aromatic carbocycles. The van der Waals surface area contributed by atoms with Gasteiger partial charge in [0.05, 0.1) is 32.0 Å². The molecule has 0 spiro atoms. The molecular formula is C21H30ClN5O3. The number of ether oxygens (including phenoxy) is 2. The van der Waals surface area contributed by atoms with Crippen molar-refractivity contribution in [2.45, 2.75) is 44.7 Å². The van der Waals surface area contributed by atoms with Crippen LogP contribution in [0.25, 0.3) is 0 Å². The Hall–Kier alpha value is -2.32. The molecule has 3 heterocycles. The molecule has 4 rings (SSSR count). The van der Waals surface area contributed by atoms with Crippen LogP contribution in [0.5, 0.6) is 11.5 Å². The normalized spacial score (nSPS) is 19.4. The maximum atomic E-state index is 13.4. The van der Waals surface area contributed by atoms with Crippen LogP contribution in [-0.2, 0) is 0 Å². The van der Waals surface area contributed by atoms with Gasteiger partial charge < -0.3 is 19.7 Å². The highest BCUT2D eigenvalue weighted by atomic mass is 35.5. The summed E-state index contributed by atoms with van der Waals surface area (Å²) in [6.45, 7) is 4.62. The molecule has 2 saturated heterocycles. The fourth-order valence-corrected chi connectivity index (χ4v) is 4.49. The second-order valence-electron chi connectivity index (χ2n) is 7.72. The number of nitrogens with zero attached hydrogens (tertiary/aromatic N) is 4. The number of amides is 1. The second kappa shape index (κ2) is 9.66. The van der Waals surface area contributed by atoms with Crippen molar-refractivity contribution in [1.29, 1.82) is 0 Å². The molecule has 8 nitrogen and oxygen atoms in total. The molecule has 1 atom stereocenters. The van der Waals surface area contributed by atoms with Gasteiger partial charge in [-0.2, -0.15) is 0 Å². The fourth-order valence-electron chi connectivity index (χ4n) is 4.49. The van der Waals surface area contributed by atoms with E-state index in [1.54, 1.807) is 14.2 Å². The smallest absolute Gasteiger partial charge is 0.276 e. The monoisotopic (exact) mass is 435 g/mol. The van der Waals surface area contributed by atoms with Crippen LogP contribution in [-0.4, -0.2) is 59.7 Å². The van der Waals surface area contributed by atoms with Crippen LogP contribution in [0.4, 0.5) is 0 Å². The highest BCUT2D eigenvalue weighted by Gasteiger charge is 2.34. The van der Waals surface area contributed by atoms with Crippen molar-refractivity contribution in [2.24, 2.45) is 0 Å². The highest BCUT2D eigenvalue weighted by molar-refractivity contribution is 5.93. The largest absolute Gasteiger partial charge is 0.493 e. The number of halogens is 1. The SMILES string of the molecule is COc1ccc(C2CCCN2C(=O)c2nnn(C3CCNCC3)c2C)cc1OC.Cl. The molecule has 1 N–H and O–H groups in total. The molecule has 1 amide bonds. The number of piperidine rings is 1. The first kappa shape index (κ1) is 22.4. The molecule has 2 aliphatic rings. The number of benzene rings is 1. The van der Waals surface area contributed by atoms with Crippen molar-refractivity contribution < 1.29 is 14.3 Å². The lowest BCUT2D eigenvalue weighted by atomic mass is 10.0. The van der Waals surface area contributed by atoms with E-state index >= 15 is 0 Å². The molecule has 0 saturated carbocycles. The molecule has 0 radical (unpaired) electrons. The van der Waals surface area contributed by atoms with E-state index < -0.39 is 0 Å². The van der Waals surface area contributed by atoms with Crippen LogP contribution in [0.2, 0.25) is 0 Å². The summed E-state index contributed by atoms with van der Waals surface area (Å²) in [5, 5.41) is 12.0. The Morgan fingerprint density at radius 2 is 1.87 bits per heavy atom. The van der Waals surface area contributed by atoms with Crippen molar-refractivity contribution in [1.82, 2.24) is 25.2 Å². The van der Waals surface area contributed by atoms with Crippen LogP contribution >= 0.6 is 12.4 Å². The van der Waals surface area contributed by atoms with Crippen molar-refractivity contribution in [2.75, 3.05) is 33.9 Å². The number of nitrogens with one attached hydrogen (secondary N) is 1. The number of methoxy groups -OCH3 is 2. The average molecular weight is 436 g/mol. The minimum atomic E-state index is -0.0417. The molecule has 164 valence electrons. The van der Waals surface area contributed by atoms with Gasteiger partial charge in [-0.25, -0.2) is 4.68 Å². The molecule has 9 heteroatoms. The molecule has 2 fully saturated rings. The Labute approximate surface area is 183 Å². The van der Waals surface area contributed by atoms with Gasteiger partial charge in [0.2, 0.25) is 0 Å². The van der Waals surface area contributed by atoms with Gasteiger partial charge in [-0.3, -0.25) is 4.79 Å². The quantitative estimate of drug-likeness (QED) is 0.777. The minimum Gasteiger partial charge on any atom is -0.493 e. The molecule has 0 bridgehead atoms. The maximum Gasteiger partial charge on any atom is 0.276 e.